The summed E-state index contributed by atoms with van der Waals surface area (Å²) in [7, 11) is 0. The van der Waals surface area contributed by atoms with Crippen molar-refractivity contribution in [3.8, 4) is 17.6 Å². The summed E-state index contributed by atoms with van der Waals surface area (Å²) in [6.45, 7) is 2.10. The van der Waals surface area contributed by atoms with E-state index in [1.165, 1.54) is 42.5 Å². The quantitative estimate of drug-likeness (QED) is 0.140. The summed E-state index contributed by atoms with van der Waals surface area (Å²) in [5, 5.41) is 34.0. The number of non-ortho nitro benzene ring substituents is 2. The monoisotopic (exact) mass is 566 g/mol. The van der Waals surface area contributed by atoms with Crippen molar-refractivity contribution in [2.45, 2.75) is 13.5 Å². The normalized spacial score (nSPS) is 10.8. The van der Waals surface area contributed by atoms with Crippen molar-refractivity contribution in [1.29, 1.82) is 5.26 Å². The molecule has 0 aromatic heterocycles. The molecule has 3 rings (SSSR count). The molecule has 37 heavy (non-hydrogen) atoms. The summed E-state index contributed by atoms with van der Waals surface area (Å²) in [5.74, 6) is -0.0851. The minimum Gasteiger partial charge on any atom is -0.490 e. The smallest absolute Gasteiger partial charge is 0.271 e. The number of nitrogens with zero attached hydrogens (tertiary/aromatic N) is 3. The fraction of sp³-hybridized carbons (Fsp3) is 0.120. The maximum absolute atomic E-state index is 12.6. The number of carbonyl (C=O) groups is 1. The number of nitro groups is 2. The van der Waals surface area contributed by atoms with Gasteiger partial charge < -0.3 is 14.8 Å². The highest BCUT2D eigenvalue weighted by Gasteiger charge is 2.16. The van der Waals surface area contributed by atoms with Crippen LogP contribution in [0.4, 0.5) is 17.1 Å². The maximum Gasteiger partial charge on any atom is 0.271 e. The third-order valence-corrected chi connectivity index (χ3v) is 5.42. The summed E-state index contributed by atoms with van der Waals surface area (Å²) >= 11 is 3.41. The van der Waals surface area contributed by atoms with Crippen LogP contribution in [0.15, 0.2) is 70.7 Å². The van der Waals surface area contributed by atoms with Gasteiger partial charge in [-0.3, -0.25) is 25.0 Å². The number of nitriles is 1. The van der Waals surface area contributed by atoms with Crippen LogP contribution in [0.25, 0.3) is 6.08 Å². The van der Waals surface area contributed by atoms with Crippen molar-refractivity contribution in [3.05, 3.63) is 102 Å². The largest absolute Gasteiger partial charge is 0.490 e. The van der Waals surface area contributed by atoms with Gasteiger partial charge in [-0.05, 0) is 58.3 Å². The Balaban J connectivity index is 1.85. The average Bonchev–Trinajstić information content (AvgIpc) is 2.87. The molecule has 0 bridgehead atoms. The predicted molar refractivity (Wildman–Crippen MR) is 138 cm³/mol. The molecule has 0 spiro atoms. The van der Waals surface area contributed by atoms with Gasteiger partial charge in [0, 0.05) is 30.0 Å². The fourth-order valence-electron chi connectivity index (χ4n) is 3.20. The predicted octanol–water partition coefficient (Wildman–Crippen LogP) is 5.79. The molecular weight excluding hydrogens is 548 g/mol. The average molecular weight is 567 g/mol. The summed E-state index contributed by atoms with van der Waals surface area (Å²) in [6.07, 6.45) is 1.34. The van der Waals surface area contributed by atoms with Gasteiger partial charge in [0.1, 0.15) is 18.2 Å². The van der Waals surface area contributed by atoms with Crippen LogP contribution < -0.4 is 14.8 Å². The Hall–Kier alpha value is -4.76. The number of carbonyl (C=O) groups excluding carboxylic acids is 1. The second-order valence-electron chi connectivity index (χ2n) is 7.41. The highest BCUT2D eigenvalue weighted by atomic mass is 79.9. The van der Waals surface area contributed by atoms with E-state index in [0.29, 0.717) is 33.7 Å². The second-order valence-corrected chi connectivity index (χ2v) is 8.26. The topological polar surface area (TPSA) is 158 Å². The van der Waals surface area contributed by atoms with Crippen molar-refractivity contribution < 1.29 is 24.1 Å². The van der Waals surface area contributed by atoms with Crippen LogP contribution >= 0.6 is 15.9 Å². The van der Waals surface area contributed by atoms with Crippen LogP contribution in [0.1, 0.15) is 18.1 Å². The molecule has 188 valence electrons. The van der Waals surface area contributed by atoms with E-state index in [4.69, 9.17) is 9.47 Å². The van der Waals surface area contributed by atoms with Crippen LogP contribution in [0, 0.1) is 31.6 Å². The Bertz CT molecular complexity index is 1430. The highest BCUT2D eigenvalue weighted by molar-refractivity contribution is 9.10. The lowest BCUT2D eigenvalue weighted by Gasteiger charge is -2.15. The van der Waals surface area contributed by atoms with Crippen molar-refractivity contribution in [2.75, 3.05) is 11.9 Å². The van der Waals surface area contributed by atoms with E-state index >= 15 is 0 Å². The zero-order valence-corrected chi connectivity index (χ0v) is 20.9. The van der Waals surface area contributed by atoms with Crippen LogP contribution in [0.2, 0.25) is 0 Å². The van der Waals surface area contributed by atoms with Gasteiger partial charge in [-0.25, -0.2) is 0 Å². The lowest BCUT2D eigenvalue weighted by atomic mass is 10.1. The van der Waals surface area contributed by atoms with Crippen LogP contribution in [-0.4, -0.2) is 22.4 Å². The van der Waals surface area contributed by atoms with Gasteiger partial charge in [0.15, 0.2) is 11.5 Å². The Morgan fingerprint density at radius 2 is 1.73 bits per heavy atom. The minimum atomic E-state index is -0.747. The van der Waals surface area contributed by atoms with E-state index in [1.807, 2.05) is 6.07 Å². The molecule has 0 radical (unpaired) electrons. The van der Waals surface area contributed by atoms with Gasteiger partial charge >= 0.3 is 0 Å². The fourth-order valence-corrected chi connectivity index (χ4v) is 3.77. The van der Waals surface area contributed by atoms with Gasteiger partial charge in [-0.15, -0.1) is 0 Å². The third kappa shape index (κ3) is 7.12. The van der Waals surface area contributed by atoms with Gasteiger partial charge in [0.2, 0.25) is 0 Å². The molecule has 0 aliphatic heterocycles. The standard InChI is InChI=1S/C25H19BrN4O7/c1-2-36-23-12-17(9-18(14-27)25(31)28-19-6-4-8-21(13-19)30(34)35)11-22(26)24(23)37-15-16-5-3-7-20(10-16)29(32)33/h3-13H,2,15H2,1H3,(H,28,31)/b18-9+. The van der Waals surface area contributed by atoms with Gasteiger partial charge in [0.25, 0.3) is 17.3 Å². The van der Waals surface area contributed by atoms with Crippen LogP contribution in [-0.2, 0) is 11.4 Å². The Labute approximate surface area is 219 Å². The molecule has 0 aliphatic carbocycles. The molecule has 0 saturated heterocycles. The van der Waals surface area contributed by atoms with Gasteiger partial charge in [-0.2, -0.15) is 5.26 Å². The Morgan fingerprint density at radius 3 is 2.38 bits per heavy atom. The van der Waals surface area contributed by atoms with Crippen molar-refractivity contribution >= 4 is 45.0 Å². The van der Waals surface area contributed by atoms with Crippen LogP contribution in [0.5, 0.6) is 11.5 Å². The number of halogens is 1. The third-order valence-electron chi connectivity index (χ3n) is 4.83. The van der Waals surface area contributed by atoms with Gasteiger partial charge in [0.05, 0.1) is 20.9 Å². The van der Waals surface area contributed by atoms with E-state index in [1.54, 1.807) is 31.2 Å². The lowest BCUT2D eigenvalue weighted by Crippen LogP contribution is -2.13. The molecule has 3 aromatic rings. The molecule has 0 fully saturated rings. The first-order valence-corrected chi connectivity index (χ1v) is 11.5. The number of anilines is 1. The molecule has 12 heteroatoms. The highest BCUT2D eigenvalue weighted by Crippen LogP contribution is 2.38. The minimum absolute atomic E-state index is 0.0323. The van der Waals surface area contributed by atoms with E-state index in [2.05, 4.69) is 21.2 Å². The van der Waals surface area contributed by atoms with Crippen molar-refractivity contribution in [1.82, 2.24) is 0 Å². The first-order chi connectivity index (χ1) is 17.7. The summed E-state index contributed by atoms with van der Waals surface area (Å²) < 4.78 is 12.0. The molecule has 0 aliphatic rings. The first-order valence-electron chi connectivity index (χ1n) is 10.7. The molecule has 0 unspecified atom stereocenters. The first kappa shape index (κ1) is 26.8. The SMILES string of the molecule is CCOc1cc(/C=C(\C#N)C(=O)Nc2cccc([N+](=O)[O-])c2)cc(Br)c1OCc1cccc([N+](=O)[O-])c1. The van der Waals surface area contributed by atoms with Crippen LogP contribution in [0.3, 0.4) is 0 Å². The molecule has 3 aromatic carbocycles. The van der Waals surface area contributed by atoms with Crippen molar-refractivity contribution in [2.24, 2.45) is 0 Å². The van der Waals surface area contributed by atoms with E-state index in [-0.39, 0.29) is 29.2 Å². The molecule has 1 N–H and O–H groups in total. The number of hydrogen-bond donors (Lipinski definition) is 1. The zero-order chi connectivity index (χ0) is 26.9. The number of amides is 1. The number of benzene rings is 3. The summed E-state index contributed by atoms with van der Waals surface area (Å²) in [6, 6.07) is 16.4. The van der Waals surface area contributed by atoms with Gasteiger partial charge in [-0.1, -0.05) is 18.2 Å². The van der Waals surface area contributed by atoms with E-state index < -0.39 is 15.8 Å². The molecule has 11 nitrogen and oxygen atoms in total. The maximum atomic E-state index is 12.6. The number of hydrogen-bond acceptors (Lipinski definition) is 8. The number of rotatable bonds is 10. The molecule has 0 saturated carbocycles. The Kier molecular flexibility index (Phi) is 8.90. The molecule has 0 atom stereocenters. The molecule has 0 heterocycles. The van der Waals surface area contributed by atoms with E-state index in [0.717, 1.165) is 0 Å². The number of nitro benzene ring substituents is 2. The number of ether oxygens (including phenoxy) is 2. The second kappa shape index (κ2) is 12.3. The molecule has 1 amide bonds. The van der Waals surface area contributed by atoms with E-state index in [9.17, 15) is 30.3 Å². The molecular formula is C25H19BrN4O7. The summed E-state index contributed by atoms with van der Waals surface area (Å²) in [4.78, 5) is 33.5. The van der Waals surface area contributed by atoms with Crippen molar-refractivity contribution in [3.63, 3.8) is 0 Å². The number of nitrogens with one attached hydrogen (secondary N) is 1. The summed E-state index contributed by atoms with van der Waals surface area (Å²) in [5.41, 5.74) is 0.692. The zero-order valence-electron chi connectivity index (χ0n) is 19.3. The lowest BCUT2D eigenvalue weighted by molar-refractivity contribution is -0.385. The Morgan fingerprint density at radius 1 is 1.05 bits per heavy atom.